The van der Waals surface area contributed by atoms with Crippen LogP contribution in [0.3, 0.4) is 0 Å². The molecule has 0 unspecified atom stereocenters. The van der Waals surface area contributed by atoms with Gasteiger partial charge in [-0.05, 0) is 0 Å². The van der Waals surface area contributed by atoms with Gasteiger partial charge in [-0.3, -0.25) is 0 Å². The van der Waals surface area contributed by atoms with Crippen LogP contribution in [-0.4, -0.2) is 24.4 Å². The minimum Gasteiger partial charge on any atom is -0.388 e. The highest BCUT2D eigenvalue weighted by Gasteiger charge is 1.99. The lowest BCUT2D eigenvalue weighted by atomic mass is 10.4. The Morgan fingerprint density at radius 3 is 1.88 bits per heavy atom. The van der Waals surface area contributed by atoms with Crippen molar-refractivity contribution in [1.29, 1.82) is 0 Å². The second-order valence-corrected chi connectivity index (χ2v) is 1.40. The number of aliphatic hydroxyl groups is 1. The van der Waals surface area contributed by atoms with Crippen LogP contribution in [0.1, 0.15) is 0 Å². The van der Waals surface area contributed by atoms with E-state index in [-0.39, 0.29) is 13.2 Å². The zero-order valence-electron chi connectivity index (χ0n) is 4.67. The normalized spacial score (nSPS) is 10.5. The Hall–Kier alpha value is -0.120. The van der Waals surface area contributed by atoms with E-state index < -0.39 is 6.10 Å². The third-order valence-corrected chi connectivity index (χ3v) is 0.620. The molecule has 0 spiro atoms. The van der Waals surface area contributed by atoms with Gasteiger partial charge in [-0.1, -0.05) is 0 Å². The van der Waals surface area contributed by atoms with Crippen molar-refractivity contribution in [3.63, 3.8) is 0 Å². The van der Waals surface area contributed by atoms with Crippen molar-refractivity contribution in [3.8, 4) is 0 Å². The monoisotopic (exact) mass is 118 g/mol. The van der Waals surface area contributed by atoms with Gasteiger partial charge in [0.2, 0.25) is 0 Å². The third-order valence-electron chi connectivity index (χ3n) is 0.620. The van der Waals surface area contributed by atoms with Gasteiger partial charge in [-0.2, -0.15) is 0 Å². The molecule has 2 radical (unpaired) electrons. The zero-order valence-corrected chi connectivity index (χ0v) is 4.67. The largest absolute Gasteiger partial charge is 0.388 e. The van der Waals surface area contributed by atoms with Crippen molar-refractivity contribution in [2.45, 2.75) is 6.10 Å². The van der Waals surface area contributed by atoms with E-state index >= 15 is 0 Å². The standard InChI is InChI=1S/C5H10O3/c1-7-3-5(6)4-8-2/h5-6H,1-4H2. The number of ether oxygens (including phenoxy) is 2. The fraction of sp³-hybridized carbons (Fsp3) is 0.600. The summed E-state index contributed by atoms with van der Waals surface area (Å²) in [6.07, 6.45) is -0.606. The molecule has 0 saturated carbocycles. The van der Waals surface area contributed by atoms with E-state index in [1.165, 1.54) is 0 Å². The quantitative estimate of drug-likeness (QED) is 0.563. The topological polar surface area (TPSA) is 38.7 Å². The highest BCUT2D eigenvalue weighted by Crippen LogP contribution is 1.83. The summed E-state index contributed by atoms with van der Waals surface area (Å²) in [5, 5.41) is 8.72. The van der Waals surface area contributed by atoms with Crippen molar-refractivity contribution in [3.05, 3.63) is 14.2 Å². The fourth-order valence-electron chi connectivity index (χ4n) is 0.320. The zero-order chi connectivity index (χ0) is 6.41. The molecular weight excluding hydrogens is 108 g/mol. The Bertz CT molecular complexity index is 40.9. The van der Waals surface area contributed by atoms with Gasteiger partial charge in [0.15, 0.2) is 0 Å². The molecule has 0 aromatic carbocycles. The summed E-state index contributed by atoms with van der Waals surface area (Å²) in [4.78, 5) is 0. The summed E-state index contributed by atoms with van der Waals surface area (Å²) in [7, 11) is 6.14. The average Bonchev–Trinajstić information content (AvgIpc) is 1.68. The number of aliphatic hydroxyl groups excluding tert-OH is 1. The van der Waals surface area contributed by atoms with Crippen molar-refractivity contribution in [1.82, 2.24) is 0 Å². The Morgan fingerprint density at radius 1 is 1.25 bits per heavy atom. The predicted molar refractivity (Wildman–Crippen MR) is 28.6 cm³/mol. The summed E-state index contributed by atoms with van der Waals surface area (Å²) in [5.74, 6) is 0. The molecule has 48 valence electrons. The van der Waals surface area contributed by atoms with Crippen molar-refractivity contribution < 1.29 is 14.6 Å². The SMILES string of the molecule is [CH2]OCC(O)CO[CH2]. The van der Waals surface area contributed by atoms with Crippen LogP contribution in [0.25, 0.3) is 0 Å². The van der Waals surface area contributed by atoms with Gasteiger partial charge >= 0.3 is 0 Å². The summed E-state index contributed by atoms with van der Waals surface area (Å²) in [6.45, 7) is 0.380. The van der Waals surface area contributed by atoms with Crippen LogP contribution in [0.5, 0.6) is 0 Å². The van der Waals surface area contributed by atoms with Crippen LogP contribution in [0.4, 0.5) is 0 Å². The molecule has 0 aromatic heterocycles. The molecule has 0 fully saturated rings. The molecule has 0 heterocycles. The maximum Gasteiger partial charge on any atom is 0.101 e. The molecule has 0 aromatic rings. The lowest BCUT2D eigenvalue weighted by Crippen LogP contribution is -2.18. The first-order valence-corrected chi connectivity index (χ1v) is 2.23. The predicted octanol–water partition coefficient (Wildman–Crippen LogP) is -0.0363. The first-order valence-electron chi connectivity index (χ1n) is 2.23. The van der Waals surface area contributed by atoms with E-state index in [4.69, 9.17) is 5.11 Å². The lowest BCUT2D eigenvalue weighted by Gasteiger charge is -2.05. The Kier molecular flexibility index (Phi) is 4.95. The Balaban J connectivity index is 2.92. The van der Waals surface area contributed by atoms with Gasteiger partial charge in [0, 0.05) is 0 Å². The second-order valence-electron chi connectivity index (χ2n) is 1.40. The summed E-state index contributed by atoms with van der Waals surface area (Å²) >= 11 is 0. The number of hydrogen-bond acceptors (Lipinski definition) is 3. The molecule has 0 saturated heterocycles. The van der Waals surface area contributed by atoms with Crippen LogP contribution in [0, 0.1) is 14.2 Å². The van der Waals surface area contributed by atoms with Crippen molar-refractivity contribution in [2.24, 2.45) is 0 Å². The van der Waals surface area contributed by atoms with Gasteiger partial charge in [-0.25, -0.2) is 0 Å². The summed E-state index contributed by atoms with van der Waals surface area (Å²) < 4.78 is 8.70. The van der Waals surface area contributed by atoms with E-state index in [1.54, 1.807) is 0 Å². The smallest absolute Gasteiger partial charge is 0.101 e. The third kappa shape index (κ3) is 4.05. The summed E-state index contributed by atoms with van der Waals surface area (Å²) in [6, 6.07) is 0. The molecular formula is C5H10O3. The van der Waals surface area contributed by atoms with Gasteiger partial charge in [0.05, 0.1) is 27.4 Å². The maximum absolute atomic E-state index is 8.72. The average molecular weight is 118 g/mol. The summed E-state index contributed by atoms with van der Waals surface area (Å²) in [5.41, 5.74) is 0. The Morgan fingerprint density at radius 2 is 1.62 bits per heavy atom. The van der Waals surface area contributed by atoms with Crippen LogP contribution in [0.2, 0.25) is 0 Å². The maximum atomic E-state index is 8.72. The fourth-order valence-corrected chi connectivity index (χ4v) is 0.320. The molecule has 0 atom stereocenters. The van der Waals surface area contributed by atoms with E-state index in [9.17, 15) is 0 Å². The molecule has 0 bridgehead atoms. The minimum absolute atomic E-state index is 0.190. The van der Waals surface area contributed by atoms with Crippen LogP contribution >= 0.6 is 0 Å². The first kappa shape index (κ1) is 7.88. The van der Waals surface area contributed by atoms with E-state index in [1.807, 2.05) is 0 Å². The molecule has 0 aliphatic heterocycles. The minimum atomic E-state index is -0.606. The van der Waals surface area contributed by atoms with Gasteiger partial charge < -0.3 is 14.6 Å². The Labute approximate surface area is 49.2 Å². The van der Waals surface area contributed by atoms with Crippen LogP contribution in [0.15, 0.2) is 0 Å². The molecule has 0 aliphatic rings. The van der Waals surface area contributed by atoms with Crippen LogP contribution in [-0.2, 0) is 9.47 Å². The number of rotatable bonds is 4. The van der Waals surface area contributed by atoms with Gasteiger partial charge in [0.25, 0.3) is 0 Å². The molecule has 0 rings (SSSR count). The molecule has 1 N–H and O–H groups in total. The second kappa shape index (κ2) is 5.03. The lowest BCUT2D eigenvalue weighted by molar-refractivity contribution is 0.0290. The van der Waals surface area contributed by atoms with Crippen LogP contribution < -0.4 is 0 Å². The molecule has 3 heteroatoms. The van der Waals surface area contributed by atoms with Crippen molar-refractivity contribution >= 4 is 0 Å². The molecule has 0 amide bonds. The first-order chi connectivity index (χ1) is 3.81. The van der Waals surface area contributed by atoms with Crippen molar-refractivity contribution in [2.75, 3.05) is 13.2 Å². The van der Waals surface area contributed by atoms with E-state index in [0.29, 0.717) is 0 Å². The number of hydrogen-bond donors (Lipinski definition) is 1. The molecule has 8 heavy (non-hydrogen) atoms. The van der Waals surface area contributed by atoms with Gasteiger partial charge in [-0.15, -0.1) is 0 Å². The van der Waals surface area contributed by atoms with E-state index in [0.717, 1.165) is 0 Å². The molecule has 3 nitrogen and oxygen atoms in total. The van der Waals surface area contributed by atoms with Gasteiger partial charge in [0.1, 0.15) is 6.10 Å². The van der Waals surface area contributed by atoms with E-state index in [2.05, 4.69) is 23.7 Å². The molecule has 0 aliphatic carbocycles. The highest BCUT2D eigenvalue weighted by molar-refractivity contribution is 4.49. The highest BCUT2D eigenvalue weighted by atomic mass is 16.5.